The number of fused-ring (bicyclic) bond motifs is 1. The van der Waals surface area contributed by atoms with E-state index in [1.807, 2.05) is 0 Å². The third kappa shape index (κ3) is 3.72. The summed E-state index contributed by atoms with van der Waals surface area (Å²) in [5.41, 5.74) is 0. The van der Waals surface area contributed by atoms with Gasteiger partial charge in [-0.1, -0.05) is 0 Å². The van der Waals surface area contributed by atoms with Crippen LogP contribution in [0.3, 0.4) is 0 Å². The summed E-state index contributed by atoms with van der Waals surface area (Å²) in [6, 6.07) is 0.958. The van der Waals surface area contributed by atoms with E-state index in [0.29, 0.717) is 11.5 Å². The first-order valence-corrected chi connectivity index (χ1v) is 9.85. The molecular weight excluding hydrogens is 274 g/mol. The van der Waals surface area contributed by atoms with Crippen LogP contribution in [0, 0.1) is 0 Å². The van der Waals surface area contributed by atoms with Crippen molar-refractivity contribution in [1.29, 1.82) is 0 Å². The van der Waals surface area contributed by atoms with Gasteiger partial charge in [-0.05, 0) is 45.3 Å². The van der Waals surface area contributed by atoms with Crippen LogP contribution >= 0.6 is 0 Å². The average molecular weight is 301 g/mol. The summed E-state index contributed by atoms with van der Waals surface area (Å²) >= 11 is 0. The van der Waals surface area contributed by atoms with Crippen LogP contribution in [0.4, 0.5) is 0 Å². The molecule has 5 nitrogen and oxygen atoms in total. The lowest BCUT2D eigenvalue weighted by Gasteiger charge is -2.26. The van der Waals surface area contributed by atoms with Crippen molar-refractivity contribution in [1.82, 2.24) is 15.1 Å². The standard InChI is InChI=1S/C14H27N3O2S/c18-20(19)10-4-13(12-20)15-5-9-16-6-2-8-17-7-1-3-14(17)11-16/h13-15H,1-12H2. The fraction of sp³-hybridized carbons (Fsp3) is 1.00. The molecule has 6 heteroatoms. The van der Waals surface area contributed by atoms with Gasteiger partial charge in [0.15, 0.2) is 9.84 Å². The van der Waals surface area contributed by atoms with Crippen molar-refractivity contribution in [2.24, 2.45) is 0 Å². The summed E-state index contributed by atoms with van der Waals surface area (Å²) in [7, 11) is -2.75. The number of nitrogens with one attached hydrogen (secondary N) is 1. The van der Waals surface area contributed by atoms with Gasteiger partial charge in [0.2, 0.25) is 0 Å². The minimum Gasteiger partial charge on any atom is -0.312 e. The van der Waals surface area contributed by atoms with Crippen LogP contribution in [-0.4, -0.2) is 81.1 Å². The molecule has 0 aromatic carbocycles. The van der Waals surface area contributed by atoms with Gasteiger partial charge in [0, 0.05) is 31.7 Å². The van der Waals surface area contributed by atoms with E-state index in [1.165, 1.54) is 45.4 Å². The minimum absolute atomic E-state index is 0.190. The molecule has 2 atom stereocenters. The molecule has 0 amide bonds. The van der Waals surface area contributed by atoms with Gasteiger partial charge in [-0.3, -0.25) is 4.90 Å². The molecule has 3 aliphatic heterocycles. The van der Waals surface area contributed by atoms with Crippen molar-refractivity contribution in [2.45, 2.75) is 37.8 Å². The van der Waals surface area contributed by atoms with Gasteiger partial charge in [0.25, 0.3) is 0 Å². The zero-order valence-electron chi connectivity index (χ0n) is 12.3. The first kappa shape index (κ1) is 14.8. The summed E-state index contributed by atoms with van der Waals surface area (Å²) in [6.45, 7) is 6.92. The number of hydrogen-bond acceptors (Lipinski definition) is 5. The molecule has 0 aliphatic carbocycles. The molecule has 0 aromatic rings. The summed E-state index contributed by atoms with van der Waals surface area (Å²) in [4.78, 5) is 5.21. The lowest BCUT2D eigenvalue weighted by Crippen LogP contribution is -2.41. The Morgan fingerprint density at radius 2 is 1.95 bits per heavy atom. The average Bonchev–Trinajstić information content (AvgIpc) is 2.91. The highest BCUT2D eigenvalue weighted by molar-refractivity contribution is 7.91. The molecule has 3 rings (SSSR count). The highest BCUT2D eigenvalue weighted by Crippen LogP contribution is 2.21. The van der Waals surface area contributed by atoms with Crippen LogP contribution in [0.1, 0.15) is 25.7 Å². The molecule has 1 N–H and O–H groups in total. The van der Waals surface area contributed by atoms with E-state index < -0.39 is 9.84 Å². The van der Waals surface area contributed by atoms with Crippen LogP contribution in [0.25, 0.3) is 0 Å². The second kappa shape index (κ2) is 6.30. The van der Waals surface area contributed by atoms with Crippen molar-refractivity contribution >= 4 is 9.84 Å². The van der Waals surface area contributed by atoms with Crippen molar-refractivity contribution in [3.8, 4) is 0 Å². The SMILES string of the molecule is O=S1(=O)CCC(NCCN2CCCN3CCCC3C2)C1. The molecular formula is C14H27N3O2S. The monoisotopic (exact) mass is 301 g/mol. The molecule has 3 heterocycles. The van der Waals surface area contributed by atoms with E-state index in [1.54, 1.807) is 0 Å². The predicted molar refractivity (Wildman–Crippen MR) is 80.7 cm³/mol. The zero-order chi connectivity index (χ0) is 14.0. The molecule has 0 bridgehead atoms. The normalized spacial score (nSPS) is 35.0. The Balaban J connectivity index is 1.40. The third-order valence-electron chi connectivity index (χ3n) is 4.98. The predicted octanol–water partition coefficient (Wildman–Crippen LogP) is -0.0668. The van der Waals surface area contributed by atoms with E-state index in [2.05, 4.69) is 15.1 Å². The Morgan fingerprint density at radius 3 is 2.75 bits per heavy atom. The first-order valence-electron chi connectivity index (χ1n) is 8.03. The molecule has 116 valence electrons. The minimum atomic E-state index is -2.75. The van der Waals surface area contributed by atoms with Gasteiger partial charge in [-0.25, -0.2) is 8.42 Å². The summed E-state index contributed by atoms with van der Waals surface area (Å²) in [5.74, 6) is 0.703. The highest BCUT2D eigenvalue weighted by Gasteiger charge is 2.29. The largest absolute Gasteiger partial charge is 0.312 e. The number of nitrogens with zero attached hydrogens (tertiary/aromatic N) is 2. The topological polar surface area (TPSA) is 52.7 Å². The van der Waals surface area contributed by atoms with Gasteiger partial charge in [0.05, 0.1) is 11.5 Å². The fourth-order valence-electron chi connectivity index (χ4n) is 3.87. The summed E-state index contributed by atoms with van der Waals surface area (Å²) in [6.07, 6.45) is 4.77. The number of hydrogen-bond donors (Lipinski definition) is 1. The van der Waals surface area contributed by atoms with Crippen LogP contribution in [0.2, 0.25) is 0 Å². The maximum atomic E-state index is 11.4. The van der Waals surface area contributed by atoms with E-state index in [-0.39, 0.29) is 6.04 Å². The maximum absolute atomic E-state index is 11.4. The van der Waals surface area contributed by atoms with E-state index in [0.717, 1.165) is 25.6 Å². The van der Waals surface area contributed by atoms with E-state index in [9.17, 15) is 8.42 Å². The second-order valence-electron chi connectivity index (χ2n) is 6.54. The zero-order valence-corrected chi connectivity index (χ0v) is 13.1. The Morgan fingerprint density at radius 1 is 1.10 bits per heavy atom. The van der Waals surface area contributed by atoms with Gasteiger partial charge in [0.1, 0.15) is 0 Å². The second-order valence-corrected chi connectivity index (χ2v) is 8.77. The van der Waals surface area contributed by atoms with Crippen LogP contribution < -0.4 is 5.32 Å². The molecule has 2 unspecified atom stereocenters. The lowest BCUT2D eigenvalue weighted by molar-refractivity contribution is 0.219. The van der Waals surface area contributed by atoms with Gasteiger partial charge in [-0.2, -0.15) is 0 Å². The lowest BCUT2D eigenvalue weighted by atomic mass is 10.2. The first-order chi connectivity index (χ1) is 9.62. The van der Waals surface area contributed by atoms with Crippen LogP contribution in [0.5, 0.6) is 0 Å². The van der Waals surface area contributed by atoms with Crippen LogP contribution in [0.15, 0.2) is 0 Å². The van der Waals surface area contributed by atoms with Gasteiger partial charge < -0.3 is 10.2 Å². The van der Waals surface area contributed by atoms with Crippen molar-refractivity contribution in [2.75, 3.05) is 50.8 Å². The van der Waals surface area contributed by atoms with Crippen LogP contribution in [-0.2, 0) is 9.84 Å². The summed E-state index contributed by atoms with van der Waals surface area (Å²) < 4.78 is 22.8. The fourth-order valence-corrected chi connectivity index (χ4v) is 5.58. The Labute approximate surface area is 122 Å². The smallest absolute Gasteiger partial charge is 0.151 e. The Hall–Kier alpha value is -0.170. The van der Waals surface area contributed by atoms with Gasteiger partial charge in [-0.15, -0.1) is 0 Å². The Bertz CT molecular complexity index is 426. The Kier molecular flexibility index (Phi) is 4.65. The van der Waals surface area contributed by atoms with Crippen molar-refractivity contribution in [3.63, 3.8) is 0 Å². The molecule has 3 fully saturated rings. The summed E-state index contributed by atoms with van der Waals surface area (Å²) in [5, 5.41) is 3.43. The van der Waals surface area contributed by atoms with Gasteiger partial charge >= 0.3 is 0 Å². The number of rotatable bonds is 4. The third-order valence-corrected chi connectivity index (χ3v) is 6.75. The molecule has 0 aromatic heterocycles. The molecule has 20 heavy (non-hydrogen) atoms. The molecule has 0 saturated carbocycles. The molecule has 3 saturated heterocycles. The van der Waals surface area contributed by atoms with E-state index >= 15 is 0 Å². The maximum Gasteiger partial charge on any atom is 0.151 e. The molecule has 0 spiro atoms. The van der Waals surface area contributed by atoms with E-state index in [4.69, 9.17) is 0 Å². The van der Waals surface area contributed by atoms with Crippen molar-refractivity contribution < 1.29 is 8.42 Å². The van der Waals surface area contributed by atoms with Crippen molar-refractivity contribution in [3.05, 3.63) is 0 Å². The molecule has 3 aliphatic rings. The number of sulfone groups is 1. The highest BCUT2D eigenvalue weighted by atomic mass is 32.2. The quantitative estimate of drug-likeness (QED) is 0.788. The molecule has 0 radical (unpaired) electrons.